The summed E-state index contributed by atoms with van der Waals surface area (Å²) in [5.74, 6) is 0.798. The predicted molar refractivity (Wildman–Crippen MR) is 102 cm³/mol. The van der Waals surface area contributed by atoms with Crippen LogP contribution in [-0.4, -0.2) is 36.9 Å². The van der Waals surface area contributed by atoms with Crippen molar-refractivity contribution in [3.8, 4) is 0 Å². The molecular weight excluding hydrogens is 366 g/mol. The van der Waals surface area contributed by atoms with Gasteiger partial charge in [0.05, 0.1) is 10.6 Å². The average Bonchev–Trinajstić information content (AvgIpc) is 2.93. The Hall–Kier alpha value is -2.19. The number of hydrogen-bond donors (Lipinski definition) is 1. The number of carbonyl (C=O) groups excluding carboxylic acids is 1. The van der Waals surface area contributed by atoms with Crippen molar-refractivity contribution in [3.05, 3.63) is 41.3 Å². The molecule has 0 bridgehead atoms. The molecule has 2 heterocycles. The molecule has 1 aromatic carbocycles. The van der Waals surface area contributed by atoms with Gasteiger partial charge in [0.15, 0.2) is 0 Å². The van der Waals surface area contributed by atoms with E-state index < -0.39 is 10.0 Å². The number of sulfonamides is 1. The molecular formula is C19H25N3O4S. The van der Waals surface area contributed by atoms with E-state index in [1.165, 1.54) is 12.1 Å². The lowest BCUT2D eigenvalue weighted by molar-refractivity contribution is 0.102. The second-order valence-electron chi connectivity index (χ2n) is 7.45. The Morgan fingerprint density at radius 1 is 1.15 bits per heavy atom. The third-order valence-electron chi connectivity index (χ3n) is 4.85. The summed E-state index contributed by atoms with van der Waals surface area (Å²) >= 11 is 0. The molecule has 1 saturated heterocycles. The highest BCUT2D eigenvalue weighted by Gasteiger charge is 2.31. The molecule has 8 heteroatoms. The minimum Gasteiger partial charge on any atom is -0.361 e. The zero-order valence-corrected chi connectivity index (χ0v) is 16.8. The van der Waals surface area contributed by atoms with Gasteiger partial charge in [-0.05, 0) is 56.4 Å². The molecule has 0 spiro atoms. The molecule has 7 nitrogen and oxygen atoms in total. The zero-order valence-electron chi connectivity index (χ0n) is 16.0. The normalized spacial score (nSPS) is 21.2. The van der Waals surface area contributed by atoms with Crippen molar-refractivity contribution in [2.24, 2.45) is 11.8 Å². The summed E-state index contributed by atoms with van der Waals surface area (Å²) in [6.45, 7) is 8.60. The second kappa shape index (κ2) is 7.44. The van der Waals surface area contributed by atoms with Gasteiger partial charge in [-0.25, -0.2) is 8.42 Å². The number of hydrogen-bond acceptors (Lipinski definition) is 5. The van der Waals surface area contributed by atoms with Gasteiger partial charge in [-0.15, -0.1) is 0 Å². The van der Waals surface area contributed by atoms with Gasteiger partial charge in [-0.1, -0.05) is 19.0 Å². The lowest BCUT2D eigenvalue weighted by atomic mass is 9.94. The standard InChI is InChI=1S/C19H25N3O4S/c1-12-9-13(2)11-22(10-12)27(24,25)17-7-5-16(6-8-17)20-19(23)18-14(3)21-26-15(18)4/h5-8,12-13H,9-11H2,1-4H3,(H,20,23)/t12-,13-/m0/s1. The molecule has 1 aliphatic rings. The van der Waals surface area contributed by atoms with E-state index in [9.17, 15) is 13.2 Å². The first-order chi connectivity index (χ1) is 12.7. The fourth-order valence-electron chi connectivity index (χ4n) is 3.66. The van der Waals surface area contributed by atoms with Crippen LogP contribution in [0.4, 0.5) is 5.69 Å². The summed E-state index contributed by atoms with van der Waals surface area (Å²) in [6.07, 6.45) is 1.04. The Kier molecular flexibility index (Phi) is 5.39. The first kappa shape index (κ1) is 19.6. The number of nitrogens with one attached hydrogen (secondary N) is 1. The number of benzene rings is 1. The number of amides is 1. The third-order valence-corrected chi connectivity index (χ3v) is 6.69. The van der Waals surface area contributed by atoms with Crippen LogP contribution in [0.5, 0.6) is 0 Å². The van der Waals surface area contributed by atoms with Crippen LogP contribution in [0.1, 0.15) is 42.1 Å². The monoisotopic (exact) mass is 391 g/mol. The van der Waals surface area contributed by atoms with Gasteiger partial charge >= 0.3 is 0 Å². The minimum absolute atomic E-state index is 0.235. The quantitative estimate of drug-likeness (QED) is 0.864. The average molecular weight is 391 g/mol. The minimum atomic E-state index is -3.53. The maximum atomic E-state index is 12.9. The SMILES string of the molecule is Cc1noc(C)c1C(=O)Nc1ccc(S(=O)(=O)N2C[C@@H](C)C[C@H](C)C2)cc1. The molecule has 1 aromatic heterocycles. The number of nitrogens with zero attached hydrogens (tertiary/aromatic N) is 2. The summed E-state index contributed by atoms with van der Waals surface area (Å²) in [7, 11) is -3.53. The van der Waals surface area contributed by atoms with E-state index >= 15 is 0 Å². The van der Waals surface area contributed by atoms with Crippen molar-refractivity contribution < 1.29 is 17.7 Å². The molecule has 0 unspecified atom stereocenters. The summed E-state index contributed by atoms with van der Waals surface area (Å²) in [6, 6.07) is 6.25. The van der Waals surface area contributed by atoms with E-state index in [2.05, 4.69) is 24.3 Å². The third kappa shape index (κ3) is 4.06. The first-order valence-electron chi connectivity index (χ1n) is 9.03. The number of aromatic nitrogens is 1. The highest BCUT2D eigenvalue weighted by molar-refractivity contribution is 7.89. The maximum Gasteiger partial charge on any atom is 0.261 e. The molecule has 3 rings (SSSR count). The molecule has 1 N–H and O–H groups in total. The van der Waals surface area contributed by atoms with Crippen LogP contribution >= 0.6 is 0 Å². The lowest BCUT2D eigenvalue weighted by Gasteiger charge is -2.34. The van der Waals surface area contributed by atoms with Crippen molar-refractivity contribution >= 4 is 21.6 Å². The molecule has 1 amide bonds. The molecule has 2 aromatic rings. The summed E-state index contributed by atoms with van der Waals surface area (Å²) in [5, 5.41) is 6.52. The first-order valence-corrected chi connectivity index (χ1v) is 10.5. The van der Waals surface area contributed by atoms with Gasteiger partial charge < -0.3 is 9.84 Å². The maximum absolute atomic E-state index is 12.9. The Labute approximate surface area is 159 Å². The van der Waals surface area contributed by atoms with Crippen molar-refractivity contribution in [1.29, 1.82) is 0 Å². The number of anilines is 1. The fraction of sp³-hybridized carbons (Fsp3) is 0.474. The van der Waals surface area contributed by atoms with Crippen molar-refractivity contribution in [2.45, 2.75) is 39.0 Å². The summed E-state index contributed by atoms with van der Waals surface area (Å²) in [5.41, 5.74) is 1.42. The van der Waals surface area contributed by atoms with E-state index in [1.54, 1.807) is 30.3 Å². The number of rotatable bonds is 4. The molecule has 146 valence electrons. The van der Waals surface area contributed by atoms with Crippen molar-refractivity contribution in [2.75, 3.05) is 18.4 Å². The Bertz CT molecular complexity index is 905. The van der Waals surface area contributed by atoms with E-state index in [-0.39, 0.29) is 10.8 Å². The molecule has 0 radical (unpaired) electrons. The van der Waals surface area contributed by atoms with Gasteiger partial charge in [0.25, 0.3) is 5.91 Å². The number of carbonyl (C=O) groups is 1. The van der Waals surface area contributed by atoms with Crippen LogP contribution in [0.25, 0.3) is 0 Å². The molecule has 0 saturated carbocycles. The van der Waals surface area contributed by atoms with E-state index in [0.717, 1.165) is 6.42 Å². The van der Waals surface area contributed by atoms with Gasteiger partial charge in [-0.3, -0.25) is 4.79 Å². The van der Waals surface area contributed by atoms with Crippen LogP contribution in [0, 0.1) is 25.7 Å². The Balaban J connectivity index is 1.76. The van der Waals surface area contributed by atoms with Crippen molar-refractivity contribution in [3.63, 3.8) is 0 Å². The Morgan fingerprint density at radius 2 is 1.74 bits per heavy atom. The fourth-order valence-corrected chi connectivity index (χ4v) is 5.34. The number of piperidine rings is 1. The Morgan fingerprint density at radius 3 is 2.26 bits per heavy atom. The van der Waals surface area contributed by atoms with Gasteiger partial charge in [0.1, 0.15) is 11.3 Å². The lowest BCUT2D eigenvalue weighted by Crippen LogP contribution is -2.42. The van der Waals surface area contributed by atoms with Crippen molar-refractivity contribution in [1.82, 2.24) is 9.46 Å². The van der Waals surface area contributed by atoms with Crippen LogP contribution < -0.4 is 5.32 Å². The molecule has 2 atom stereocenters. The second-order valence-corrected chi connectivity index (χ2v) is 9.38. The smallest absolute Gasteiger partial charge is 0.261 e. The largest absolute Gasteiger partial charge is 0.361 e. The topological polar surface area (TPSA) is 92.5 Å². The highest BCUT2D eigenvalue weighted by atomic mass is 32.2. The molecule has 1 fully saturated rings. The number of aryl methyl sites for hydroxylation is 2. The summed E-state index contributed by atoms with van der Waals surface area (Å²) < 4.78 is 32.4. The van der Waals surface area contributed by atoms with Crippen LogP contribution in [0.2, 0.25) is 0 Å². The predicted octanol–water partition coefficient (Wildman–Crippen LogP) is 3.21. The van der Waals surface area contributed by atoms with Gasteiger partial charge in [0.2, 0.25) is 10.0 Å². The van der Waals surface area contributed by atoms with Crippen LogP contribution in [0.15, 0.2) is 33.7 Å². The molecule has 0 aliphatic carbocycles. The van der Waals surface area contributed by atoms with E-state index in [4.69, 9.17) is 4.52 Å². The van der Waals surface area contributed by atoms with Crippen LogP contribution in [0.3, 0.4) is 0 Å². The highest BCUT2D eigenvalue weighted by Crippen LogP contribution is 2.27. The van der Waals surface area contributed by atoms with Crippen LogP contribution in [-0.2, 0) is 10.0 Å². The molecule has 27 heavy (non-hydrogen) atoms. The van der Waals surface area contributed by atoms with Gasteiger partial charge in [-0.2, -0.15) is 4.31 Å². The van der Waals surface area contributed by atoms with E-state index in [0.29, 0.717) is 47.6 Å². The van der Waals surface area contributed by atoms with E-state index in [1.807, 2.05) is 0 Å². The van der Waals surface area contributed by atoms with Gasteiger partial charge in [0, 0.05) is 18.8 Å². The molecule has 1 aliphatic heterocycles. The zero-order chi connectivity index (χ0) is 19.8. The summed E-state index contributed by atoms with van der Waals surface area (Å²) in [4.78, 5) is 12.6.